The zero-order valence-electron chi connectivity index (χ0n) is 13.0. The summed E-state index contributed by atoms with van der Waals surface area (Å²) in [6, 6.07) is 13.4. The van der Waals surface area contributed by atoms with E-state index in [-0.39, 0.29) is 18.1 Å². The average Bonchev–Trinajstić information content (AvgIpc) is 2.51. The molecule has 0 radical (unpaired) electrons. The number of amides is 1. The molecule has 3 nitrogen and oxygen atoms in total. The molecule has 0 spiro atoms. The van der Waals surface area contributed by atoms with E-state index in [4.69, 9.17) is 17.3 Å². The predicted octanol–water partition coefficient (Wildman–Crippen LogP) is 3.40. The van der Waals surface area contributed by atoms with Crippen LogP contribution in [0.15, 0.2) is 48.5 Å². The first kappa shape index (κ1) is 17.4. The van der Waals surface area contributed by atoms with Crippen LogP contribution in [0, 0.1) is 5.82 Å². The summed E-state index contributed by atoms with van der Waals surface area (Å²) < 4.78 is 13.6. The summed E-state index contributed by atoms with van der Waals surface area (Å²) in [5, 5.41) is 0.628. The van der Waals surface area contributed by atoms with Crippen LogP contribution in [0.5, 0.6) is 0 Å². The molecule has 2 aromatic rings. The van der Waals surface area contributed by atoms with Gasteiger partial charge in [-0.25, -0.2) is 4.39 Å². The topological polar surface area (TPSA) is 46.3 Å². The van der Waals surface area contributed by atoms with Gasteiger partial charge >= 0.3 is 0 Å². The van der Waals surface area contributed by atoms with Gasteiger partial charge in [-0.2, -0.15) is 0 Å². The van der Waals surface area contributed by atoms with Crippen LogP contribution in [0.2, 0.25) is 5.02 Å². The molecule has 0 aliphatic carbocycles. The van der Waals surface area contributed by atoms with Crippen molar-refractivity contribution in [1.29, 1.82) is 0 Å². The Bertz CT molecular complexity index is 678. The molecule has 122 valence electrons. The van der Waals surface area contributed by atoms with Gasteiger partial charge in [0.15, 0.2) is 0 Å². The highest BCUT2D eigenvalue weighted by Gasteiger charge is 2.16. The van der Waals surface area contributed by atoms with Crippen molar-refractivity contribution in [3.8, 4) is 0 Å². The van der Waals surface area contributed by atoms with Gasteiger partial charge in [0.25, 0.3) is 0 Å². The Balaban J connectivity index is 1.90. The smallest absolute Gasteiger partial charge is 0.224 e. The highest BCUT2D eigenvalue weighted by atomic mass is 35.5. The summed E-state index contributed by atoms with van der Waals surface area (Å²) >= 11 is 6.10. The quantitative estimate of drug-likeness (QED) is 0.880. The van der Waals surface area contributed by atoms with E-state index in [1.807, 2.05) is 18.2 Å². The first-order valence-electron chi connectivity index (χ1n) is 7.43. The van der Waals surface area contributed by atoms with E-state index >= 15 is 0 Å². The van der Waals surface area contributed by atoms with Crippen LogP contribution in [0.3, 0.4) is 0 Å². The Hall–Kier alpha value is -1.91. The van der Waals surface area contributed by atoms with Gasteiger partial charge in [-0.15, -0.1) is 0 Å². The summed E-state index contributed by atoms with van der Waals surface area (Å²) in [5.41, 5.74) is 7.41. The van der Waals surface area contributed by atoms with Gasteiger partial charge in [0.05, 0.1) is 0 Å². The fourth-order valence-corrected chi connectivity index (χ4v) is 2.56. The molecule has 0 bridgehead atoms. The first-order valence-corrected chi connectivity index (χ1v) is 7.81. The van der Waals surface area contributed by atoms with Gasteiger partial charge in [-0.3, -0.25) is 4.79 Å². The number of hydrogen-bond donors (Lipinski definition) is 1. The van der Waals surface area contributed by atoms with Gasteiger partial charge in [-0.05, 0) is 29.7 Å². The molecule has 1 atom stereocenters. The molecule has 1 amide bonds. The lowest BCUT2D eigenvalue weighted by atomic mass is 10.0. The minimum Gasteiger partial charge on any atom is -0.341 e. The third-order valence-corrected chi connectivity index (χ3v) is 4.04. The Morgan fingerprint density at radius 1 is 1.17 bits per heavy atom. The van der Waals surface area contributed by atoms with Crippen molar-refractivity contribution in [2.45, 2.75) is 25.4 Å². The fourth-order valence-electron chi connectivity index (χ4n) is 2.37. The molecule has 23 heavy (non-hydrogen) atoms. The van der Waals surface area contributed by atoms with Crippen LogP contribution >= 0.6 is 11.6 Å². The van der Waals surface area contributed by atoms with E-state index in [0.29, 0.717) is 23.6 Å². The molecule has 2 rings (SSSR count). The second-order valence-corrected chi connectivity index (χ2v) is 6.01. The maximum absolute atomic E-state index is 13.6. The number of nitrogens with zero attached hydrogens (tertiary/aromatic N) is 1. The van der Waals surface area contributed by atoms with Crippen LogP contribution < -0.4 is 5.73 Å². The second-order valence-electron chi connectivity index (χ2n) is 5.60. The molecule has 0 aliphatic heterocycles. The monoisotopic (exact) mass is 334 g/mol. The van der Waals surface area contributed by atoms with E-state index in [1.165, 1.54) is 6.07 Å². The third kappa shape index (κ3) is 5.05. The number of halogens is 2. The molecule has 5 heteroatoms. The van der Waals surface area contributed by atoms with E-state index in [1.54, 1.807) is 36.2 Å². The highest BCUT2D eigenvalue weighted by molar-refractivity contribution is 6.31. The zero-order chi connectivity index (χ0) is 16.8. The van der Waals surface area contributed by atoms with Gasteiger partial charge in [0.1, 0.15) is 5.82 Å². The molecule has 0 saturated heterocycles. The number of rotatable bonds is 6. The van der Waals surface area contributed by atoms with Crippen LogP contribution in [-0.2, 0) is 17.8 Å². The summed E-state index contributed by atoms with van der Waals surface area (Å²) in [5.74, 6) is -0.381. The number of benzene rings is 2. The van der Waals surface area contributed by atoms with Crippen molar-refractivity contribution in [2.75, 3.05) is 7.05 Å². The lowest BCUT2D eigenvalue weighted by Crippen LogP contribution is -2.34. The lowest BCUT2D eigenvalue weighted by molar-refractivity contribution is -0.130. The zero-order valence-corrected chi connectivity index (χ0v) is 13.8. The van der Waals surface area contributed by atoms with Crippen LogP contribution in [0.25, 0.3) is 0 Å². The molecule has 0 fully saturated rings. The molecule has 0 aromatic heterocycles. The van der Waals surface area contributed by atoms with Gasteiger partial charge in [0, 0.05) is 31.1 Å². The molecule has 0 saturated carbocycles. The number of hydrogen-bond acceptors (Lipinski definition) is 2. The number of carbonyl (C=O) groups is 1. The predicted molar refractivity (Wildman–Crippen MR) is 90.6 cm³/mol. The van der Waals surface area contributed by atoms with E-state index in [2.05, 4.69) is 0 Å². The summed E-state index contributed by atoms with van der Waals surface area (Å²) in [4.78, 5) is 13.8. The normalized spacial score (nSPS) is 12.0. The highest BCUT2D eigenvalue weighted by Crippen LogP contribution is 2.17. The van der Waals surface area contributed by atoms with E-state index in [0.717, 1.165) is 5.56 Å². The standard InChI is InChI=1S/C18H20ClFN2O/c1-22(12-14-7-2-4-8-16(14)19)18(23)11-15(21)10-13-6-3-5-9-17(13)20/h2-9,15H,10-12,21H2,1H3/t15-/m1/s1. The Morgan fingerprint density at radius 2 is 1.78 bits per heavy atom. The number of nitrogens with two attached hydrogens (primary N) is 1. The third-order valence-electron chi connectivity index (χ3n) is 3.67. The minimum atomic E-state index is -0.423. The van der Waals surface area contributed by atoms with Gasteiger partial charge in [-0.1, -0.05) is 48.0 Å². The van der Waals surface area contributed by atoms with Crippen LogP contribution in [-0.4, -0.2) is 23.9 Å². The Morgan fingerprint density at radius 3 is 2.43 bits per heavy atom. The van der Waals surface area contributed by atoms with Crippen molar-refractivity contribution < 1.29 is 9.18 Å². The van der Waals surface area contributed by atoms with Crippen LogP contribution in [0.4, 0.5) is 4.39 Å². The summed E-state index contributed by atoms with van der Waals surface area (Å²) in [6.07, 6.45) is 0.494. The van der Waals surface area contributed by atoms with Crippen molar-refractivity contribution in [3.05, 3.63) is 70.5 Å². The van der Waals surface area contributed by atoms with Crippen molar-refractivity contribution in [3.63, 3.8) is 0 Å². The molecular weight excluding hydrogens is 315 g/mol. The first-order chi connectivity index (χ1) is 11.0. The van der Waals surface area contributed by atoms with Crippen molar-refractivity contribution in [2.24, 2.45) is 5.73 Å². The lowest BCUT2D eigenvalue weighted by Gasteiger charge is -2.20. The van der Waals surface area contributed by atoms with Gasteiger partial charge < -0.3 is 10.6 Å². The average molecular weight is 335 g/mol. The maximum Gasteiger partial charge on any atom is 0.224 e. The largest absolute Gasteiger partial charge is 0.341 e. The van der Waals surface area contributed by atoms with Crippen LogP contribution in [0.1, 0.15) is 17.5 Å². The Labute approximate surface area is 140 Å². The van der Waals surface area contributed by atoms with Crippen molar-refractivity contribution >= 4 is 17.5 Å². The molecule has 0 aliphatic rings. The molecule has 0 heterocycles. The maximum atomic E-state index is 13.6. The summed E-state index contributed by atoms with van der Waals surface area (Å²) in [6.45, 7) is 0.422. The molecular formula is C18H20ClFN2O. The minimum absolute atomic E-state index is 0.0891. The SMILES string of the molecule is CN(Cc1ccccc1Cl)C(=O)C[C@H](N)Cc1ccccc1F. The fraction of sp³-hybridized carbons (Fsp3) is 0.278. The number of carbonyl (C=O) groups excluding carboxylic acids is 1. The molecule has 2 N–H and O–H groups in total. The van der Waals surface area contributed by atoms with E-state index < -0.39 is 6.04 Å². The Kier molecular flexibility index (Phi) is 6.13. The van der Waals surface area contributed by atoms with Crippen molar-refractivity contribution in [1.82, 2.24) is 4.90 Å². The van der Waals surface area contributed by atoms with E-state index in [9.17, 15) is 9.18 Å². The second kappa shape index (κ2) is 8.09. The van der Waals surface area contributed by atoms with Gasteiger partial charge in [0.2, 0.25) is 5.91 Å². The molecule has 2 aromatic carbocycles. The summed E-state index contributed by atoms with van der Waals surface area (Å²) in [7, 11) is 1.71. The molecule has 0 unspecified atom stereocenters.